The predicted octanol–water partition coefficient (Wildman–Crippen LogP) is 3.93. The molecule has 7 heteroatoms. The third-order valence-corrected chi connectivity index (χ3v) is 5.86. The zero-order chi connectivity index (χ0) is 21.8. The van der Waals surface area contributed by atoms with Crippen LogP contribution in [0.4, 0.5) is 15.9 Å². The van der Waals surface area contributed by atoms with Crippen molar-refractivity contribution in [3.63, 3.8) is 0 Å². The van der Waals surface area contributed by atoms with E-state index in [1.807, 2.05) is 49.3 Å². The molecule has 0 atom stereocenters. The van der Waals surface area contributed by atoms with E-state index in [9.17, 15) is 9.18 Å². The van der Waals surface area contributed by atoms with E-state index in [4.69, 9.17) is 0 Å². The van der Waals surface area contributed by atoms with Crippen LogP contribution in [-0.2, 0) is 0 Å². The van der Waals surface area contributed by atoms with Crippen molar-refractivity contribution >= 4 is 17.4 Å². The van der Waals surface area contributed by atoms with Crippen molar-refractivity contribution in [2.75, 3.05) is 43.5 Å². The van der Waals surface area contributed by atoms with Crippen molar-refractivity contribution in [1.82, 2.24) is 15.5 Å². The Morgan fingerprint density at radius 3 is 2.45 bits per heavy atom. The topological polar surface area (TPSA) is 64.3 Å². The maximum absolute atomic E-state index is 13.1. The summed E-state index contributed by atoms with van der Waals surface area (Å²) in [6.07, 6.45) is 2.00. The highest BCUT2D eigenvalue weighted by Crippen LogP contribution is 2.26. The molecule has 2 heterocycles. The van der Waals surface area contributed by atoms with Crippen LogP contribution in [0.25, 0.3) is 11.3 Å². The van der Waals surface area contributed by atoms with Crippen LogP contribution in [0.3, 0.4) is 0 Å². The third-order valence-electron chi connectivity index (χ3n) is 5.86. The first-order valence-electron chi connectivity index (χ1n) is 10.6. The standard InChI is InChI=1S/C24H28FN5O/c1-29(2)21-9-5-19(6-10-21)24(31)26-16-17-11-13-30(14-12-17)23-15-22(27-28-23)18-3-7-20(25)8-4-18/h3-10,15,17H,11-14,16H2,1-2H3,(H,26,31)(H,27,28). The smallest absolute Gasteiger partial charge is 0.251 e. The zero-order valence-corrected chi connectivity index (χ0v) is 17.9. The summed E-state index contributed by atoms with van der Waals surface area (Å²) in [5.74, 6) is 1.09. The minimum Gasteiger partial charge on any atom is -0.378 e. The van der Waals surface area contributed by atoms with Crippen LogP contribution < -0.4 is 15.1 Å². The van der Waals surface area contributed by atoms with Gasteiger partial charge in [-0.1, -0.05) is 0 Å². The molecule has 2 aromatic carbocycles. The molecule has 1 aliphatic rings. The van der Waals surface area contributed by atoms with Crippen LogP contribution in [0.2, 0.25) is 0 Å². The van der Waals surface area contributed by atoms with Gasteiger partial charge in [-0.15, -0.1) is 0 Å². The van der Waals surface area contributed by atoms with E-state index >= 15 is 0 Å². The number of carbonyl (C=O) groups excluding carboxylic acids is 1. The van der Waals surface area contributed by atoms with Crippen LogP contribution >= 0.6 is 0 Å². The van der Waals surface area contributed by atoms with Crippen LogP contribution in [0.15, 0.2) is 54.6 Å². The molecule has 6 nitrogen and oxygen atoms in total. The molecule has 0 bridgehead atoms. The van der Waals surface area contributed by atoms with E-state index in [0.29, 0.717) is 18.0 Å². The molecule has 1 saturated heterocycles. The molecule has 0 radical (unpaired) electrons. The second kappa shape index (κ2) is 9.20. The molecule has 1 aromatic heterocycles. The summed E-state index contributed by atoms with van der Waals surface area (Å²) in [7, 11) is 3.96. The first-order chi connectivity index (χ1) is 15.0. The summed E-state index contributed by atoms with van der Waals surface area (Å²) in [5, 5.41) is 10.6. The summed E-state index contributed by atoms with van der Waals surface area (Å²) in [6.45, 7) is 2.47. The van der Waals surface area contributed by atoms with E-state index in [1.54, 1.807) is 12.1 Å². The number of nitrogens with zero attached hydrogens (tertiary/aromatic N) is 3. The number of anilines is 2. The monoisotopic (exact) mass is 421 g/mol. The Morgan fingerprint density at radius 2 is 1.81 bits per heavy atom. The number of aromatic nitrogens is 2. The third kappa shape index (κ3) is 5.05. The van der Waals surface area contributed by atoms with Crippen LogP contribution in [0.5, 0.6) is 0 Å². The van der Waals surface area contributed by atoms with Gasteiger partial charge in [0.25, 0.3) is 5.91 Å². The van der Waals surface area contributed by atoms with Crippen molar-refractivity contribution in [2.45, 2.75) is 12.8 Å². The maximum Gasteiger partial charge on any atom is 0.251 e. The van der Waals surface area contributed by atoms with Crippen molar-refractivity contribution < 1.29 is 9.18 Å². The number of piperidine rings is 1. The van der Waals surface area contributed by atoms with Crippen LogP contribution in [-0.4, -0.2) is 49.8 Å². The Kier molecular flexibility index (Phi) is 6.21. The normalized spacial score (nSPS) is 14.5. The van der Waals surface area contributed by atoms with Gasteiger partial charge < -0.3 is 15.1 Å². The zero-order valence-electron chi connectivity index (χ0n) is 17.9. The SMILES string of the molecule is CN(C)c1ccc(C(=O)NCC2CCN(c3cc(-c4ccc(F)cc4)[nH]n3)CC2)cc1. The van der Waals surface area contributed by atoms with Crippen LogP contribution in [0.1, 0.15) is 23.2 Å². The molecule has 162 valence electrons. The molecule has 2 N–H and O–H groups in total. The number of hydrogen-bond acceptors (Lipinski definition) is 4. The number of aromatic amines is 1. The van der Waals surface area contributed by atoms with Gasteiger partial charge in [-0.2, -0.15) is 5.10 Å². The van der Waals surface area contributed by atoms with E-state index in [2.05, 4.69) is 20.4 Å². The van der Waals surface area contributed by atoms with Gasteiger partial charge in [0.1, 0.15) is 5.82 Å². The fourth-order valence-corrected chi connectivity index (χ4v) is 3.87. The minimum atomic E-state index is -0.247. The fourth-order valence-electron chi connectivity index (χ4n) is 3.87. The second-order valence-electron chi connectivity index (χ2n) is 8.23. The minimum absolute atomic E-state index is 0.0241. The number of H-pyrrole nitrogens is 1. The lowest BCUT2D eigenvalue weighted by Crippen LogP contribution is -2.38. The second-order valence-corrected chi connectivity index (χ2v) is 8.23. The Bertz CT molecular complexity index is 1010. The number of carbonyl (C=O) groups is 1. The molecule has 0 saturated carbocycles. The molecule has 0 aliphatic carbocycles. The molecule has 0 spiro atoms. The summed E-state index contributed by atoms with van der Waals surface area (Å²) in [6, 6.07) is 16.0. The van der Waals surface area contributed by atoms with Gasteiger partial charge in [0.2, 0.25) is 0 Å². The lowest BCUT2D eigenvalue weighted by atomic mass is 9.96. The average Bonchev–Trinajstić information content (AvgIpc) is 3.28. The molecular weight excluding hydrogens is 393 g/mol. The molecule has 31 heavy (non-hydrogen) atoms. The van der Waals surface area contributed by atoms with E-state index in [0.717, 1.165) is 48.7 Å². The fraction of sp³-hybridized carbons (Fsp3) is 0.333. The van der Waals surface area contributed by atoms with E-state index in [-0.39, 0.29) is 11.7 Å². The van der Waals surface area contributed by atoms with Gasteiger partial charge in [0, 0.05) is 51.0 Å². The first-order valence-corrected chi connectivity index (χ1v) is 10.6. The largest absolute Gasteiger partial charge is 0.378 e. The van der Waals surface area contributed by atoms with Crippen LogP contribution in [0, 0.1) is 11.7 Å². The maximum atomic E-state index is 13.1. The van der Waals surface area contributed by atoms with Crippen molar-refractivity contribution in [2.24, 2.45) is 5.92 Å². The van der Waals surface area contributed by atoms with Gasteiger partial charge in [0.15, 0.2) is 5.82 Å². The number of nitrogens with one attached hydrogen (secondary N) is 2. The van der Waals surface area contributed by atoms with Gasteiger partial charge >= 0.3 is 0 Å². The van der Waals surface area contributed by atoms with Gasteiger partial charge in [0.05, 0.1) is 5.69 Å². The molecule has 4 rings (SSSR count). The summed E-state index contributed by atoms with van der Waals surface area (Å²) >= 11 is 0. The van der Waals surface area contributed by atoms with Gasteiger partial charge in [-0.3, -0.25) is 9.89 Å². The average molecular weight is 422 g/mol. The summed E-state index contributed by atoms with van der Waals surface area (Å²) in [4.78, 5) is 16.7. The first kappa shape index (κ1) is 20.9. The van der Waals surface area contributed by atoms with E-state index < -0.39 is 0 Å². The number of benzene rings is 2. The molecule has 0 unspecified atom stereocenters. The molecular formula is C24H28FN5O. The Balaban J connectivity index is 1.26. The number of rotatable bonds is 6. The predicted molar refractivity (Wildman–Crippen MR) is 122 cm³/mol. The number of hydrogen-bond donors (Lipinski definition) is 2. The summed E-state index contributed by atoms with van der Waals surface area (Å²) < 4.78 is 13.1. The lowest BCUT2D eigenvalue weighted by molar-refractivity contribution is 0.0945. The van der Waals surface area contributed by atoms with Crippen molar-refractivity contribution in [3.05, 3.63) is 66.0 Å². The van der Waals surface area contributed by atoms with Gasteiger partial charge in [-0.25, -0.2) is 4.39 Å². The number of amides is 1. The molecule has 1 amide bonds. The Hall–Kier alpha value is -3.35. The van der Waals surface area contributed by atoms with E-state index in [1.165, 1.54) is 12.1 Å². The number of halogens is 1. The van der Waals surface area contributed by atoms with Gasteiger partial charge in [-0.05, 0) is 72.9 Å². The summed E-state index contributed by atoms with van der Waals surface area (Å²) in [5.41, 5.74) is 3.55. The Labute approximate surface area is 182 Å². The van der Waals surface area contributed by atoms with Crippen molar-refractivity contribution in [1.29, 1.82) is 0 Å². The quantitative estimate of drug-likeness (QED) is 0.633. The molecule has 1 fully saturated rings. The molecule has 3 aromatic rings. The molecule has 1 aliphatic heterocycles. The lowest BCUT2D eigenvalue weighted by Gasteiger charge is -2.32. The van der Waals surface area contributed by atoms with Crippen molar-refractivity contribution in [3.8, 4) is 11.3 Å². The highest BCUT2D eigenvalue weighted by atomic mass is 19.1. The Morgan fingerprint density at radius 1 is 1.13 bits per heavy atom. The highest BCUT2D eigenvalue weighted by Gasteiger charge is 2.22. The highest BCUT2D eigenvalue weighted by molar-refractivity contribution is 5.94.